The molecule has 0 spiro atoms. The minimum atomic E-state index is -0.912. The third kappa shape index (κ3) is 3.34. The highest BCUT2D eigenvalue weighted by Crippen LogP contribution is 2.38. The molecule has 1 heterocycles. The van der Waals surface area contributed by atoms with Crippen LogP contribution in [0.25, 0.3) is 0 Å². The van der Waals surface area contributed by atoms with Crippen molar-refractivity contribution in [2.24, 2.45) is 17.8 Å². The van der Waals surface area contributed by atoms with Gasteiger partial charge >= 0.3 is 5.97 Å². The van der Waals surface area contributed by atoms with E-state index in [0.29, 0.717) is 24.2 Å². The molecule has 1 saturated carbocycles. The molecule has 1 aromatic heterocycles. The zero-order chi connectivity index (χ0) is 15.6. The molecule has 0 radical (unpaired) electrons. The Kier molecular flexibility index (Phi) is 4.50. The number of carboxylic acids is 1. The van der Waals surface area contributed by atoms with Crippen LogP contribution in [0.5, 0.6) is 0 Å². The van der Waals surface area contributed by atoms with Gasteiger partial charge in [-0.2, -0.15) is 5.10 Å². The molecule has 21 heavy (non-hydrogen) atoms. The van der Waals surface area contributed by atoms with Gasteiger partial charge in [-0.15, -0.1) is 5.10 Å². The fourth-order valence-corrected chi connectivity index (χ4v) is 2.75. The quantitative estimate of drug-likeness (QED) is 0.872. The Labute approximate surface area is 123 Å². The van der Waals surface area contributed by atoms with Crippen LogP contribution < -0.4 is 5.32 Å². The SMILES string of the molecule is CCC1CC(C(=O)O)C(C(=O)Nc2nnc(C)c(C)n2)C1. The highest BCUT2D eigenvalue weighted by Gasteiger charge is 2.42. The molecule has 1 amide bonds. The predicted octanol–water partition coefficient (Wildman–Crippen LogP) is 1.56. The fourth-order valence-electron chi connectivity index (χ4n) is 2.75. The van der Waals surface area contributed by atoms with Gasteiger partial charge in [-0.05, 0) is 32.6 Å². The Hall–Kier alpha value is -2.05. The summed E-state index contributed by atoms with van der Waals surface area (Å²) < 4.78 is 0. The maximum atomic E-state index is 12.3. The van der Waals surface area contributed by atoms with Gasteiger partial charge in [0.2, 0.25) is 11.9 Å². The molecule has 0 aliphatic heterocycles. The first-order valence-corrected chi connectivity index (χ1v) is 7.14. The van der Waals surface area contributed by atoms with Gasteiger partial charge in [0.15, 0.2) is 0 Å². The molecule has 3 unspecified atom stereocenters. The van der Waals surface area contributed by atoms with Crippen LogP contribution in [-0.2, 0) is 9.59 Å². The van der Waals surface area contributed by atoms with E-state index in [1.807, 2.05) is 6.92 Å². The number of carboxylic acid groups (broad SMARTS) is 1. The molecule has 1 aliphatic carbocycles. The van der Waals surface area contributed by atoms with Crippen molar-refractivity contribution in [3.8, 4) is 0 Å². The zero-order valence-corrected chi connectivity index (χ0v) is 12.5. The second-order valence-electron chi connectivity index (χ2n) is 5.59. The van der Waals surface area contributed by atoms with Crippen LogP contribution in [-0.4, -0.2) is 32.2 Å². The van der Waals surface area contributed by atoms with Crippen molar-refractivity contribution in [1.82, 2.24) is 15.2 Å². The van der Waals surface area contributed by atoms with E-state index in [1.165, 1.54) is 0 Å². The topological polar surface area (TPSA) is 105 Å². The van der Waals surface area contributed by atoms with E-state index < -0.39 is 17.8 Å². The molecule has 1 aliphatic rings. The van der Waals surface area contributed by atoms with E-state index in [0.717, 1.165) is 6.42 Å². The Bertz CT molecular complexity index is 561. The molecule has 7 nitrogen and oxygen atoms in total. The van der Waals surface area contributed by atoms with Crippen LogP contribution in [0.2, 0.25) is 0 Å². The highest BCUT2D eigenvalue weighted by atomic mass is 16.4. The maximum Gasteiger partial charge on any atom is 0.307 e. The molecule has 0 bridgehead atoms. The summed E-state index contributed by atoms with van der Waals surface area (Å²) in [5.74, 6) is -1.99. The van der Waals surface area contributed by atoms with Crippen LogP contribution >= 0.6 is 0 Å². The van der Waals surface area contributed by atoms with Crippen molar-refractivity contribution in [1.29, 1.82) is 0 Å². The number of nitrogens with zero attached hydrogens (tertiary/aromatic N) is 3. The summed E-state index contributed by atoms with van der Waals surface area (Å²) in [5.41, 5.74) is 1.39. The van der Waals surface area contributed by atoms with Gasteiger partial charge in [-0.3, -0.25) is 14.9 Å². The second kappa shape index (κ2) is 6.15. The number of aliphatic carboxylic acids is 1. The monoisotopic (exact) mass is 292 g/mol. The van der Waals surface area contributed by atoms with E-state index in [1.54, 1.807) is 13.8 Å². The first kappa shape index (κ1) is 15.3. The van der Waals surface area contributed by atoms with Crippen molar-refractivity contribution in [2.45, 2.75) is 40.0 Å². The molecule has 114 valence electrons. The molecule has 0 aromatic carbocycles. The lowest BCUT2D eigenvalue weighted by atomic mass is 9.95. The van der Waals surface area contributed by atoms with Crippen molar-refractivity contribution >= 4 is 17.8 Å². The Balaban J connectivity index is 2.11. The summed E-state index contributed by atoms with van der Waals surface area (Å²) in [6.07, 6.45) is 2.03. The summed E-state index contributed by atoms with van der Waals surface area (Å²) in [6.45, 7) is 5.58. The number of hydrogen-bond donors (Lipinski definition) is 2. The lowest BCUT2D eigenvalue weighted by molar-refractivity contribution is -0.145. The average molecular weight is 292 g/mol. The first-order valence-electron chi connectivity index (χ1n) is 7.14. The highest BCUT2D eigenvalue weighted by molar-refractivity contribution is 5.94. The third-order valence-electron chi connectivity index (χ3n) is 4.22. The molecule has 1 fully saturated rings. The third-order valence-corrected chi connectivity index (χ3v) is 4.22. The maximum absolute atomic E-state index is 12.3. The lowest BCUT2D eigenvalue weighted by Crippen LogP contribution is -2.30. The van der Waals surface area contributed by atoms with Crippen molar-refractivity contribution in [2.75, 3.05) is 5.32 Å². The molecular formula is C14H20N4O3. The minimum Gasteiger partial charge on any atom is -0.481 e. The van der Waals surface area contributed by atoms with Crippen molar-refractivity contribution in [3.63, 3.8) is 0 Å². The van der Waals surface area contributed by atoms with Gasteiger partial charge in [0.25, 0.3) is 0 Å². The summed E-state index contributed by atoms with van der Waals surface area (Å²) >= 11 is 0. The zero-order valence-electron chi connectivity index (χ0n) is 12.5. The van der Waals surface area contributed by atoms with Gasteiger partial charge in [-0.1, -0.05) is 13.3 Å². The van der Waals surface area contributed by atoms with E-state index >= 15 is 0 Å². The molecule has 0 saturated heterocycles. The number of amides is 1. The lowest BCUT2D eigenvalue weighted by Gasteiger charge is -2.14. The van der Waals surface area contributed by atoms with Crippen LogP contribution in [0.4, 0.5) is 5.95 Å². The van der Waals surface area contributed by atoms with Gasteiger partial charge in [0.1, 0.15) is 0 Å². The number of anilines is 1. The summed E-state index contributed by atoms with van der Waals surface area (Å²) in [6, 6.07) is 0. The number of aryl methyl sites for hydroxylation is 2. The van der Waals surface area contributed by atoms with E-state index in [9.17, 15) is 14.7 Å². The molecule has 2 rings (SSSR count). The number of aromatic nitrogens is 3. The van der Waals surface area contributed by atoms with Crippen LogP contribution in [0.1, 0.15) is 37.6 Å². The predicted molar refractivity (Wildman–Crippen MR) is 75.6 cm³/mol. The van der Waals surface area contributed by atoms with Gasteiger partial charge in [0.05, 0.1) is 23.2 Å². The number of nitrogens with one attached hydrogen (secondary N) is 1. The largest absolute Gasteiger partial charge is 0.481 e. The molecular weight excluding hydrogens is 272 g/mol. The van der Waals surface area contributed by atoms with Crippen LogP contribution in [0.3, 0.4) is 0 Å². The first-order chi connectivity index (χ1) is 9.92. The minimum absolute atomic E-state index is 0.132. The summed E-state index contributed by atoms with van der Waals surface area (Å²) in [7, 11) is 0. The number of carbonyl (C=O) groups excluding carboxylic acids is 1. The smallest absolute Gasteiger partial charge is 0.307 e. The summed E-state index contributed by atoms with van der Waals surface area (Å²) in [5, 5.41) is 19.6. The number of hydrogen-bond acceptors (Lipinski definition) is 5. The second-order valence-corrected chi connectivity index (χ2v) is 5.59. The molecule has 1 aromatic rings. The molecule has 2 N–H and O–H groups in total. The van der Waals surface area contributed by atoms with E-state index in [-0.39, 0.29) is 17.8 Å². The Morgan fingerprint density at radius 2 is 1.86 bits per heavy atom. The van der Waals surface area contributed by atoms with Gasteiger partial charge in [0, 0.05) is 0 Å². The van der Waals surface area contributed by atoms with Crippen molar-refractivity contribution in [3.05, 3.63) is 11.4 Å². The fraction of sp³-hybridized carbons (Fsp3) is 0.643. The van der Waals surface area contributed by atoms with Gasteiger partial charge < -0.3 is 5.11 Å². The molecule has 3 atom stereocenters. The standard InChI is InChI=1S/C14H20N4O3/c1-4-9-5-10(11(6-9)13(20)21)12(19)16-14-15-7(2)8(3)17-18-14/h9-11H,4-6H2,1-3H3,(H,20,21)(H,15,16,18,19). The average Bonchev–Trinajstić information content (AvgIpc) is 2.87. The van der Waals surface area contributed by atoms with Crippen molar-refractivity contribution < 1.29 is 14.7 Å². The van der Waals surface area contributed by atoms with Gasteiger partial charge in [-0.25, -0.2) is 4.98 Å². The normalized spacial score (nSPS) is 24.8. The van der Waals surface area contributed by atoms with E-state index in [4.69, 9.17) is 0 Å². The molecule has 7 heteroatoms. The van der Waals surface area contributed by atoms with Crippen LogP contribution in [0, 0.1) is 31.6 Å². The van der Waals surface area contributed by atoms with Crippen LogP contribution in [0.15, 0.2) is 0 Å². The number of rotatable bonds is 4. The summed E-state index contributed by atoms with van der Waals surface area (Å²) in [4.78, 5) is 27.8. The Morgan fingerprint density at radius 3 is 2.43 bits per heavy atom. The Morgan fingerprint density at radius 1 is 1.19 bits per heavy atom. The number of carbonyl (C=O) groups is 2. The van der Waals surface area contributed by atoms with E-state index in [2.05, 4.69) is 20.5 Å².